The predicted molar refractivity (Wildman–Crippen MR) is 122 cm³/mol. The van der Waals surface area contributed by atoms with Gasteiger partial charge in [-0.1, -0.05) is 54.6 Å². The van der Waals surface area contributed by atoms with Crippen LogP contribution >= 0.6 is 0 Å². The second-order valence-corrected chi connectivity index (χ2v) is 7.79. The van der Waals surface area contributed by atoms with Crippen LogP contribution in [0.2, 0.25) is 0 Å². The first-order valence-corrected chi connectivity index (χ1v) is 10.5. The Hall–Kier alpha value is -4.06. The molecule has 5 rings (SSSR count). The van der Waals surface area contributed by atoms with Crippen LogP contribution < -0.4 is 4.74 Å². The molecule has 0 saturated heterocycles. The van der Waals surface area contributed by atoms with Gasteiger partial charge in [-0.15, -0.1) is 0 Å². The van der Waals surface area contributed by atoms with Crippen LogP contribution in [0.4, 0.5) is 0 Å². The van der Waals surface area contributed by atoms with E-state index >= 15 is 0 Å². The standard InChI is InChI=1S/C26H23N3O3/c1-32-19-11-7-10-18(16-19)25-22-23(20-12-5-6-13-21(20)30)27-28-24(22)26(31)29(25)15-14-17-8-3-2-4-9-17/h2-13,16,25,30H,14-15H2,1H3,(H,27,28)/t25-/m1/s1. The lowest BCUT2D eigenvalue weighted by molar-refractivity contribution is 0.0746. The van der Waals surface area contributed by atoms with Crippen molar-refractivity contribution in [1.29, 1.82) is 0 Å². The van der Waals surface area contributed by atoms with Gasteiger partial charge in [-0.2, -0.15) is 5.10 Å². The number of benzene rings is 3. The van der Waals surface area contributed by atoms with E-state index in [0.29, 0.717) is 23.5 Å². The highest BCUT2D eigenvalue weighted by Crippen LogP contribution is 2.44. The highest BCUT2D eigenvalue weighted by Gasteiger charge is 2.42. The van der Waals surface area contributed by atoms with E-state index in [2.05, 4.69) is 22.3 Å². The Morgan fingerprint density at radius 3 is 2.59 bits per heavy atom. The van der Waals surface area contributed by atoms with E-state index in [0.717, 1.165) is 23.3 Å². The van der Waals surface area contributed by atoms with Crippen molar-refractivity contribution in [2.24, 2.45) is 0 Å². The van der Waals surface area contributed by atoms with Gasteiger partial charge in [0.05, 0.1) is 13.2 Å². The van der Waals surface area contributed by atoms with Crippen molar-refractivity contribution in [3.8, 4) is 22.8 Å². The lowest BCUT2D eigenvalue weighted by atomic mass is 9.95. The number of amides is 1. The van der Waals surface area contributed by atoms with Gasteiger partial charge in [-0.3, -0.25) is 9.89 Å². The van der Waals surface area contributed by atoms with Crippen LogP contribution in [0.25, 0.3) is 11.3 Å². The topological polar surface area (TPSA) is 78.5 Å². The third kappa shape index (κ3) is 3.39. The Morgan fingerprint density at radius 2 is 1.81 bits per heavy atom. The molecule has 6 heteroatoms. The fraction of sp³-hybridized carbons (Fsp3) is 0.154. The molecule has 1 aliphatic heterocycles. The largest absolute Gasteiger partial charge is 0.507 e. The van der Waals surface area contributed by atoms with Gasteiger partial charge in [-0.25, -0.2) is 0 Å². The predicted octanol–water partition coefficient (Wildman–Crippen LogP) is 4.58. The number of methoxy groups -OCH3 is 1. The molecule has 1 aromatic heterocycles. The summed E-state index contributed by atoms with van der Waals surface area (Å²) < 4.78 is 5.44. The molecule has 4 aromatic rings. The van der Waals surface area contributed by atoms with Crippen LogP contribution in [0.15, 0.2) is 78.9 Å². The number of hydrogen-bond acceptors (Lipinski definition) is 4. The molecule has 2 heterocycles. The normalized spacial score (nSPS) is 15.1. The van der Waals surface area contributed by atoms with Crippen molar-refractivity contribution >= 4 is 5.91 Å². The zero-order valence-electron chi connectivity index (χ0n) is 17.7. The van der Waals surface area contributed by atoms with Crippen molar-refractivity contribution < 1.29 is 14.6 Å². The van der Waals surface area contributed by atoms with Crippen molar-refractivity contribution in [1.82, 2.24) is 15.1 Å². The molecule has 0 aliphatic carbocycles. The highest BCUT2D eigenvalue weighted by molar-refractivity contribution is 6.00. The maximum Gasteiger partial charge on any atom is 0.273 e. The number of nitrogens with one attached hydrogen (secondary N) is 1. The van der Waals surface area contributed by atoms with Crippen LogP contribution in [0.5, 0.6) is 11.5 Å². The number of aromatic nitrogens is 2. The minimum absolute atomic E-state index is 0.0991. The van der Waals surface area contributed by atoms with E-state index in [1.54, 1.807) is 19.2 Å². The van der Waals surface area contributed by atoms with Gasteiger partial charge in [0.15, 0.2) is 0 Å². The molecular weight excluding hydrogens is 402 g/mol. The number of phenolic OH excluding ortho intramolecular Hbond substituents is 1. The van der Waals surface area contributed by atoms with Gasteiger partial charge < -0.3 is 14.7 Å². The Balaban J connectivity index is 1.61. The molecule has 2 N–H and O–H groups in total. The van der Waals surface area contributed by atoms with E-state index < -0.39 is 0 Å². The summed E-state index contributed by atoms with van der Waals surface area (Å²) in [7, 11) is 1.63. The van der Waals surface area contributed by atoms with E-state index in [1.807, 2.05) is 59.5 Å². The third-order valence-electron chi connectivity index (χ3n) is 5.92. The fourth-order valence-electron chi connectivity index (χ4n) is 4.36. The van der Waals surface area contributed by atoms with Crippen LogP contribution in [0.1, 0.15) is 33.2 Å². The van der Waals surface area contributed by atoms with Crippen LogP contribution in [-0.4, -0.2) is 39.8 Å². The average molecular weight is 425 g/mol. The molecule has 1 atom stereocenters. The SMILES string of the molecule is COc1cccc([C@@H]2c3c(-c4ccccc4O)n[nH]c3C(=O)N2CCc2ccccc2)c1. The van der Waals surface area contributed by atoms with Crippen molar-refractivity contribution in [2.75, 3.05) is 13.7 Å². The lowest BCUT2D eigenvalue weighted by Gasteiger charge is -2.27. The van der Waals surface area contributed by atoms with Crippen LogP contribution in [0.3, 0.4) is 0 Å². The second kappa shape index (κ2) is 8.23. The maximum absolute atomic E-state index is 13.4. The molecule has 1 aliphatic rings. The summed E-state index contributed by atoms with van der Waals surface area (Å²) in [6.07, 6.45) is 0.733. The van der Waals surface area contributed by atoms with Gasteiger partial charge in [0.2, 0.25) is 0 Å². The Bertz CT molecular complexity index is 1270. The minimum Gasteiger partial charge on any atom is -0.507 e. The molecule has 0 fully saturated rings. The molecule has 0 bridgehead atoms. The number of hydrogen-bond donors (Lipinski definition) is 2. The van der Waals surface area contributed by atoms with E-state index in [1.165, 1.54) is 5.56 Å². The molecule has 0 radical (unpaired) electrons. The third-order valence-corrected chi connectivity index (χ3v) is 5.92. The van der Waals surface area contributed by atoms with Crippen LogP contribution in [-0.2, 0) is 6.42 Å². The van der Waals surface area contributed by atoms with Gasteiger partial charge in [0.25, 0.3) is 5.91 Å². The number of aromatic amines is 1. The first kappa shape index (κ1) is 19.9. The lowest BCUT2D eigenvalue weighted by Crippen LogP contribution is -2.31. The number of ether oxygens (including phenoxy) is 1. The number of fused-ring (bicyclic) bond motifs is 1. The molecule has 0 saturated carbocycles. The van der Waals surface area contributed by atoms with E-state index in [-0.39, 0.29) is 17.7 Å². The average Bonchev–Trinajstić information content (AvgIpc) is 3.37. The number of nitrogens with zero attached hydrogens (tertiary/aromatic N) is 2. The van der Waals surface area contributed by atoms with Crippen molar-refractivity contribution in [3.05, 3.63) is 101 Å². The number of H-pyrrole nitrogens is 1. The van der Waals surface area contributed by atoms with Crippen molar-refractivity contribution in [2.45, 2.75) is 12.5 Å². The first-order chi connectivity index (χ1) is 15.7. The zero-order valence-corrected chi connectivity index (χ0v) is 17.7. The summed E-state index contributed by atoms with van der Waals surface area (Å²) in [5, 5.41) is 17.8. The molecule has 0 unspecified atom stereocenters. The van der Waals surface area contributed by atoms with Gasteiger partial charge >= 0.3 is 0 Å². The van der Waals surface area contributed by atoms with Gasteiger partial charge in [-0.05, 0) is 41.8 Å². The summed E-state index contributed by atoms with van der Waals surface area (Å²) in [4.78, 5) is 15.3. The minimum atomic E-state index is -0.343. The van der Waals surface area contributed by atoms with Crippen molar-refractivity contribution in [3.63, 3.8) is 0 Å². The summed E-state index contributed by atoms with van der Waals surface area (Å²) in [6.45, 7) is 0.549. The van der Waals surface area contributed by atoms with Gasteiger partial charge in [0, 0.05) is 17.7 Å². The smallest absolute Gasteiger partial charge is 0.273 e. The monoisotopic (exact) mass is 425 g/mol. The summed E-state index contributed by atoms with van der Waals surface area (Å²) in [5.74, 6) is 0.748. The number of carbonyl (C=O) groups is 1. The molecule has 0 spiro atoms. The van der Waals surface area contributed by atoms with E-state index in [9.17, 15) is 9.90 Å². The molecule has 1 amide bonds. The summed E-state index contributed by atoms with van der Waals surface area (Å²) in [6, 6.07) is 24.6. The Kier molecular flexibility index (Phi) is 5.11. The highest BCUT2D eigenvalue weighted by atomic mass is 16.5. The number of carbonyl (C=O) groups excluding carboxylic acids is 1. The maximum atomic E-state index is 13.4. The molecule has 6 nitrogen and oxygen atoms in total. The number of aromatic hydroxyl groups is 1. The molecule has 32 heavy (non-hydrogen) atoms. The quantitative estimate of drug-likeness (QED) is 0.474. The molecule has 3 aromatic carbocycles. The first-order valence-electron chi connectivity index (χ1n) is 10.5. The second-order valence-electron chi connectivity index (χ2n) is 7.79. The van der Waals surface area contributed by atoms with E-state index in [4.69, 9.17) is 4.74 Å². The zero-order chi connectivity index (χ0) is 22.1. The summed E-state index contributed by atoms with van der Waals surface area (Å²) in [5.41, 5.74) is 4.51. The van der Waals surface area contributed by atoms with Gasteiger partial charge in [0.1, 0.15) is 22.9 Å². The summed E-state index contributed by atoms with van der Waals surface area (Å²) >= 11 is 0. The number of para-hydroxylation sites is 1. The number of phenols is 1. The Morgan fingerprint density at radius 1 is 1.03 bits per heavy atom. The van der Waals surface area contributed by atoms with Crippen LogP contribution in [0, 0.1) is 0 Å². The number of rotatable bonds is 6. The molecular formula is C26H23N3O3. The molecule has 160 valence electrons. The Labute approximate surface area is 186 Å². The fourth-order valence-corrected chi connectivity index (χ4v) is 4.36.